The van der Waals surface area contributed by atoms with Crippen molar-refractivity contribution in [1.82, 2.24) is 9.80 Å². The number of esters is 2. The van der Waals surface area contributed by atoms with Crippen molar-refractivity contribution < 1.29 is 77.8 Å². The summed E-state index contributed by atoms with van der Waals surface area (Å²) in [5.41, 5.74) is -5.26. The number of carbonyl (C=O) groups is 3. The van der Waals surface area contributed by atoms with Gasteiger partial charge in [0, 0.05) is 49.6 Å². The molecule has 18 nitrogen and oxygen atoms in total. The summed E-state index contributed by atoms with van der Waals surface area (Å²) in [6.07, 6.45) is -13.1. The third kappa shape index (κ3) is 12.2. The average Bonchev–Trinajstić information content (AvgIpc) is 3.19. The minimum atomic E-state index is -2.06. The monoisotopic (exact) mass is 919 g/mol. The number of hydrogen-bond acceptors (Lipinski definition) is 18. The van der Waals surface area contributed by atoms with Crippen LogP contribution < -0.4 is 0 Å². The number of ketones is 1. The summed E-state index contributed by atoms with van der Waals surface area (Å²) >= 11 is 0. The molecule has 372 valence electrons. The molecule has 22 atom stereocenters. The van der Waals surface area contributed by atoms with Crippen LogP contribution in [0.15, 0.2) is 0 Å². The van der Waals surface area contributed by atoms with Crippen molar-refractivity contribution >= 4 is 17.7 Å². The molecule has 64 heavy (non-hydrogen) atoms. The minimum Gasteiger partial charge on any atom is -0.459 e. The van der Waals surface area contributed by atoms with E-state index in [0.29, 0.717) is 6.42 Å². The fraction of sp³-hybridized carbons (Fsp3) is 0.935. The predicted octanol–water partition coefficient (Wildman–Crippen LogP) is 2.15. The van der Waals surface area contributed by atoms with Gasteiger partial charge in [0.2, 0.25) is 0 Å². The Balaban J connectivity index is 1.97. The Bertz CT molecular complexity index is 1560. The van der Waals surface area contributed by atoms with Gasteiger partial charge in [0.1, 0.15) is 29.2 Å². The summed E-state index contributed by atoms with van der Waals surface area (Å²) in [6, 6.07) is -0.771. The second-order valence-corrected chi connectivity index (χ2v) is 20.5. The fourth-order valence-electron chi connectivity index (χ4n) is 10.6. The summed E-state index contributed by atoms with van der Waals surface area (Å²) in [7, 11) is 7.39. The second-order valence-electron chi connectivity index (χ2n) is 20.5. The summed E-state index contributed by atoms with van der Waals surface area (Å²) in [6.45, 7) is 19.4. The van der Waals surface area contributed by atoms with E-state index in [4.69, 9.17) is 37.9 Å². The van der Waals surface area contributed by atoms with Gasteiger partial charge in [0.25, 0.3) is 0 Å². The molecule has 0 bridgehead atoms. The van der Waals surface area contributed by atoms with Crippen LogP contribution in [0.1, 0.15) is 115 Å². The number of hydrogen-bond donors (Lipinski definition) is 5. The van der Waals surface area contributed by atoms with Gasteiger partial charge >= 0.3 is 11.9 Å². The zero-order valence-corrected chi connectivity index (χ0v) is 41.1. The highest BCUT2D eigenvalue weighted by Gasteiger charge is 2.56. The number of nitrogens with zero attached hydrogens (tertiary/aromatic N) is 2. The average molecular weight is 919 g/mol. The van der Waals surface area contributed by atoms with Crippen molar-refractivity contribution in [3.05, 3.63) is 0 Å². The standard InChI is InChI=1S/C46H82N2O16/c1-17-32-46(12,56)39(53)24(4)35(50)22(2)20-45(11,64-33-19-31(48(15)16)36(51)27(7)58-33)40(63-43-37(52)30(47(13)14)18-23(3)57-43)25(5)38(26(6)42(54)61-32)62-34-21-44(10,55)41(28(8)59-34)60-29(9)49/h22-28,30-34,36-41,43,51-53,55-56H,17-21H2,1-16H3/t22-,23?,24+,25+,26-,27?,28?,30?,31?,32-,33?,34?,36?,37?,38+,39-,40-,41?,43?,44?,45-,46-/m1/s1. The van der Waals surface area contributed by atoms with Crippen LogP contribution >= 0.6 is 0 Å². The van der Waals surface area contributed by atoms with Gasteiger partial charge in [-0.05, 0) is 95.9 Å². The van der Waals surface area contributed by atoms with Crippen molar-refractivity contribution in [1.29, 1.82) is 0 Å². The molecule has 0 aromatic carbocycles. The quantitative estimate of drug-likeness (QED) is 0.198. The van der Waals surface area contributed by atoms with Crippen LogP contribution in [0.2, 0.25) is 0 Å². The van der Waals surface area contributed by atoms with Crippen molar-refractivity contribution in [3.63, 3.8) is 0 Å². The number of aliphatic hydroxyl groups excluding tert-OH is 3. The van der Waals surface area contributed by atoms with Crippen LogP contribution in [0, 0.1) is 23.7 Å². The molecule has 4 aliphatic rings. The molecule has 18 heteroatoms. The Morgan fingerprint density at radius 1 is 0.766 bits per heavy atom. The first-order valence-corrected chi connectivity index (χ1v) is 23.2. The van der Waals surface area contributed by atoms with E-state index in [1.807, 2.05) is 44.9 Å². The lowest BCUT2D eigenvalue weighted by Crippen LogP contribution is -2.63. The van der Waals surface area contributed by atoms with E-state index >= 15 is 0 Å². The molecule has 4 rings (SSSR count). The smallest absolute Gasteiger partial charge is 0.311 e. The van der Waals surface area contributed by atoms with Crippen LogP contribution in [0.25, 0.3) is 0 Å². The zero-order valence-electron chi connectivity index (χ0n) is 41.1. The number of likely N-dealkylation sites (N-methyl/N-ethyl adjacent to an activating group) is 2. The van der Waals surface area contributed by atoms with Crippen LogP contribution in [0.3, 0.4) is 0 Å². The van der Waals surface area contributed by atoms with Gasteiger partial charge < -0.3 is 73.2 Å². The molecule has 4 aliphatic heterocycles. The van der Waals surface area contributed by atoms with Gasteiger partial charge in [0.05, 0.1) is 54.2 Å². The lowest BCUT2D eigenvalue weighted by Gasteiger charge is -2.51. The number of ether oxygens (including phenoxy) is 8. The molecule has 0 amide bonds. The largest absolute Gasteiger partial charge is 0.459 e. The van der Waals surface area contributed by atoms with E-state index in [1.54, 1.807) is 48.5 Å². The molecule has 4 saturated heterocycles. The van der Waals surface area contributed by atoms with E-state index in [-0.39, 0.29) is 43.9 Å². The summed E-state index contributed by atoms with van der Waals surface area (Å²) in [5.74, 6) is -5.89. The first kappa shape index (κ1) is 54.7. The maximum absolute atomic E-state index is 14.6. The predicted molar refractivity (Wildman–Crippen MR) is 232 cm³/mol. The Hall–Kier alpha value is -1.91. The van der Waals surface area contributed by atoms with E-state index in [9.17, 15) is 39.9 Å². The van der Waals surface area contributed by atoms with Gasteiger partial charge in [-0.1, -0.05) is 27.7 Å². The maximum Gasteiger partial charge on any atom is 0.311 e. The van der Waals surface area contributed by atoms with E-state index in [1.165, 1.54) is 27.7 Å². The van der Waals surface area contributed by atoms with Gasteiger partial charge in [-0.25, -0.2) is 0 Å². The molecule has 4 heterocycles. The molecule has 4 fully saturated rings. The van der Waals surface area contributed by atoms with Crippen LogP contribution in [0.4, 0.5) is 0 Å². The number of Topliss-reactive ketones (excluding diaryl/α,β-unsaturated/α-hetero) is 1. The molecule has 12 unspecified atom stereocenters. The number of rotatable bonds is 10. The van der Waals surface area contributed by atoms with E-state index < -0.39 is 132 Å². The van der Waals surface area contributed by atoms with Crippen LogP contribution in [-0.4, -0.2) is 190 Å². The first-order chi connectivity index (χ1) is 29.5. The Labute approximate surface area is 380 Å². The lowest BCUT2D eigenvalue weighted by molar-refractivity contribution is -0.340. The number of cyclic esters (lactones) is 1. The van der Waals surface area contributed by atoms with Gasteiger partial charge in [0.15, 0.2) is 25.0 Å². The molecule has 0 aromatic rings. The highest BCUT2D eigenvalue weighted by molar-refractivity contribution is 5.83. The van der Waals surface area contributed by atoms with Gasteiger partial charge in [-0.3, -0.25) is 14.4 Å². The van der Waals surface area contributed by atoms with E-state index in [2.05, 4.69) is 0 Å². The second kappa shape index (κ2) is 21.6. The van der Waals surface area contributed by atoms with Crippen LogP contribution in [0.5, 0.6) is 0 Å². The fourth-order valence-corrected chi connectivity index (χ4v) is 10.6. The molecule has 0 aromatic heterocycles. The maximum atomic E-state index is 14.6. The molecule has 0 radical (unpaired) electrons. The van der Waals surface area contributed by atoms with E-state index in [0.717, 1.165) is 0 Å². The highest BCUT2D eigenvalue weighted by atomic mass is 16.7. The first-order valence-electron chi connectivity index (χ1n) is 23.2. The van der Waals surface area contributed by atoms with Crippen molar-refractivity contribution in [3.8, 4) is 0 Å². The van der Waals surface area contributed by atoms with Crippen molar-refractivity contribution in [2.24, 2.45) is 23.7 Å². The molecule has 0 aliphatic carbocycles. The highest BCUT2D eigenvalue weighted by Crippen LogP contribution is 2.43. The summed E-state index contributed by atoms with van der Waals surface area (Å²) < 4.78 is 51.5. The molecular formula is C46H82N2O16. The van der Waals surface area contributed by atoms with Gasteiger partial charge in [-0.2, -0.15) is 0 Å². The van der Waals surface area contributed by atoms with Crippen molar-refractivity contribution in [2.75, 3.05) is 28.2 Å². The molecule has 0 spiro atoms. The normalized spacial score (nSPS) is 48.1. The topological polar surface area (TPSA) is 233 Å². The molecule has 5 N–H and O–H groups in total. The SMILES string of the molecule is CC[C@H]1OC(=O)[C@H](C)[C@@H](OC2CC(C)(O)C(OC(C)=O)C(C)O2)[C@H](C)[C@@H](OC2OC(C)CC(N(C)C)C2O)[C@](C)(OC2CC(N(C)C)C(O)C(C)O2)C[C@@H](C)C(=O)[C@H](C)[C@@H](O)[C@]1(C)O. The minimum absolute atomic E-state index is 0.0581. The lowest BCUT2D eigenvalue weighted by atomic mass is 9.73. The number of carbonyl (C=O) groups excluding carboxylic acids is 3. The Morgan fingerprint density at radius 2 is 1.34 bits per heavy atom. The van der Waals surface area contributed by atoms with Crippen molar-refractivity contribution in [2.45, 2.75) is 224 Å². The summed E-state index contributed by atoms with van der Waals surface area (Å²) in [5, 5.41) is 58.4. The van der Waals surface area contributed by atoms with Gasteiger partial charge in [-0.15, -0.1) is 0 Å². The number of aliphatic hydroxyl groups is 5. The third-order valence-corrected chi connectivity index (χ3v) is 14.3. The third-order valence-electron chi connectivity index (χ3n) is 14.3. The Morgan fingerprint density at radius 3 is 1.89 bits per heavy atom. The summed E-state index contributed by atoms with van der Waals surface area (Å²) in [4.78, 5) is 44.9. The van der Waals surface area contributed by atoms with Crippen LogP contribution in [-0.2, 0) is 52.3 Å². The molecule has 0 saturated carbocycles. The molecular weight excluding hydrogens is 837 g/mol. The zero-order chi connectivity index (χ0) is 48.5. The Kier molecular flexibility index (Phi) is 18.4.